The van der Waals surface area contributed by atoms with Crippen molar-refractivity contribution in [1.29, 1.82) is 0 Å². The summed E-state index contributed by atoms with van der Waals surface area (Å²) in [5.41, 5.74) is 0.0532. The van der Waals surface area contributed by atoms with Crippen molar-refractivity contribution in [2.45, 2.75) is 18.9 Å². The Morgan fingerprint density at radius 1 is 1.47 bits per heavy atom. The third kappa shape index (κ3) is 2.43. The molecule has 1 aliphatic heterocycles. The lowest BCUT2D eigenvalue weighted by molar-refractivity contribution is -0.141. The van der Waals surface area contributed by atoms with Crippen LogP contribution in [-0.4, -0.2) is 34.5 Å². The average molecular weight is 260 g/mol. The molecule has 1 saturated heterocycles. The van der Waals surface area contributed by atoms with Crippen molar-refractivity contribution in [2.75, 3.05) is 6.54 Å². The molecule has 1 amide bonds. The van der Waals surface area contributed by atoms with Crippen LogP contribution in [0.3, 0.4) is 0 Å². The molecule has 0 spiro atoms. The van der Waals surface area contributed by atoms with Gasteiger partial charge < -0.3 is 10.0 Å². The fourth-order valence-corrected chi connectivity index (χ4v) is 2.18. The van der Waals surface area contributed by atoms with E-state index in [9.17, 15) is 14.0 Å². The second-order valence-corrected chi connectivity index (χ2v) is 4.31. The molecular weight excluding hydrogens is 249 g/mol. The Labute approximate surface area is 109 Å². The number of carbonyl (C=O) groups excluding carboxylic acids is 1. The summed E-state index contributed by atoms with van der Waals surface area (Å²) in [6, 6.07) is 2.82. The zero-order chi connectivity index (χ0) is 14.0. The van der Waals surface area contributed by atoms with Crippen molar-refractivity contribution in [3.8, 4) is 5.92 Å². The second-order valence-electron chi connectivity index (χ2n) is 4.31. The molecule has 0 aromatic heterocycles. The van der Waals surface area contributed by atoms with E-state index in [1.165, 1.54) is 17.0 Å². The Balaban J connectivity index is 2.27. The second kappa shape index (κ2) is 5.11. The largest absolute Gasteiger partial charge is 0.480 e. The Morgan fingerprint density at radius 2 is 2.21 bits per heavy atom. The fraction of sp³-hybridized carbons (Fsp3) is 0.286. The number of benzene rings is 1. The van der Waals surface area contributed by atoms with Crippen LogP contribution in [0.2, 0.25) is 0 Å². The lowest BCUT2D eigenvalue weighted by atomic mass is 10.1. The fourth-order valence-electron chi connectivity index (χ4n) is 2.18. The molecule has 19 heavy (non-hydrogen) atoms. The highest BCUT2D eigenvalue weighted by molar-refractivity contribution is 5.97. The Kier molecular flexibility index (Phi) is 3.52. The summed E-state index contributed by atoms with van der Waals surface area (Å²) in [6.07, 6.45) is 7.89. The van der Waals surface area contributed by atoms with E-state index < -0.39 is 23.7 Å². The highest BCUT2D eigenvalue weighted by atomic mass is 19.1. The monoisotopic (exact) mass is 260 g/mol. The molecule has 0 bridgehead atoms. The average Bonchev–Trinajstić information content (AvgIpc) is 2.87. The van der Waals surface area contributed by atoms with E-state index in [0.29, 0.717) is 19.4 Å². The van der Waals surface area contributed by atoms with Crippen LogP contribution in [0.4, 0.5) is 4.39 Å². The minimum atomic E-state index is -1.05. The van der Waals surface area contributed by atoms with Crippen LogP contribution in [0.25, 0.3) is 0 Å². The van der Waals surface area contributed by atoms with Crippen LogP contribution in [0.1, 0.15) is 28.8 Å². The summed E-state index contributed by atoms with van der Waals surface area (Å²) in [5, 5.41) is 9.01. The molecule has 1 aromatic rings. The molecule has 4 nitrogen and oxygen atoms in total. The summed E-state index contributed by atoms with van der Waals surface area (Å²) >= 11 is 0. The number of amides is 1. The SMILES string of the molecule is [C]#Cc1ccc(C(=O)N2CCC[C@@H]2C(=O)O)cc1F. The predicted octanol–water partition coefficient (Wildman–Crippen LogP) is 1.45. The molecule has 2 rings (SSSR count). The van der Waals surface area contributed by atoms with Gasteiger partial charge in [-0.15, -0.1) is 0 Å². The molecule has 0 unspecified atom stereocenters. The number of nitrogens with zero attached hydrogens (tertiary/aromatic N) is 1. The van der Waals surface area contributed by atoms with Crippen LogP contribution < -0.4 is 0 Å². The molecule has 1 N–H and O–H groups in total. The molecule has 5 heteroatoms. The zero-order valence-electron chi connectivity index (χ0n) is 10.0. The third-order valence-corrected chi connectivity index (χ3v) is 3.15. The zero-order valence-corrected chi connectivity index (χ0v) is 10.0. The molecular formula is C14H11FNO3. The molecule has 0 aliphatic carbocycles. The van der Waals surface area contributed by atoms with E-state index in [1.807, 2.05) is 5.92 Å². The van der Waals surface area contributed by atoms with Crippen molar-refractivity contribution >= 4 is 11.9 Å². The standard InChI is InChI=1S/C14H11FNO3/c1-2-9-5-6-10(8-11(9)15)13(17)16-7-3-4-12(16)14(18)19/h5-6,8,12H,3-4,7H2,(H,18,19)/t12-/m1/s1. The van der Waals surface area contributed by atoms with Gasteiger partial charge in [0.15, 0.2) is 0 Å². The van der Waals surface area contributed by atoms with Crippen LogP contribution in [0.15, 0.2) is 18.2 Å². The quantitative estimate of drug-likeness (QED) is 0.819. The number of aliphatic carboxylic acids is 1. The summed E-state index contributed by atoms with van der Waals surface area (Å²) in [4.78, 5) is 24.4. The van der Waals surface area contributed by atoms with E-state index in [2.05, 4.69) is 0 Å². The lowest BCUT2D eigenvalue weighted by Gasteiger charge is -2.21. The third-order valence-electron chi connectivity index (χ3n) is 3.15. The number of likely N-dealkylation sites (tertiary alicyclic amines) is 1. The summed E-state index contributed by atoms with van der Waals surface area (Å²) < 4.78 is 13.5. The van der Waals surface area contributed by atoms with Crippen LogP contribution in [0.5, 0.6) is 0 Å². The normalized spacial score (nSPS) is 18.1. The van der Waals surface area contributed by atoms with E-state index in [1.54, 1.807) is 0 Å². The molecule has 1 heterocycles. The van der Waals surface area contributed by atoms with Gasteiger partial charge in [0.25, 0.3) is 5.91 Å². The Morgan fingerprint density at radius 3 is 2.79 bits per heavy atom. The van der Waals surface area contributed by atoms with Gasteiger partial charge in [-0.05, 0) is 43.4 Å². The smallest absolute Gasteiger partial charge is 0.326 e. The van der Waals surface area contributed by atoms with Crippen molar-refractivity contribution in [3.63, 3.8) is 0 Å². The molecule has 0 saturated carbocycles. The number of carbonyl (C=O) groups is 2. The van der Waals surface area contributed by atoms with E-state index in [4.69, 9.17) is 11.5 Å². The predicted molar refractivity (Wildman–Crippen MR) is 64.3 cm³/mol. The van der Waals surface area contributed by atoms with Gasteiger partial charge in [-0.3, -0.25) is 4.79 Å². The molecule has 1 fully saturated rings. The van der Waals surface area contributed by atoms with E-state index in [-0.39, 0.29) is 11.1 Å². The molecule has 97 valence electrons. The number of halogens is 1. The first-order chi connectivity index (χ1) is 9.04. The van der Waals surface area contributed by atoms with Crippen molar-refractivity contribution < 1.29 is 19.1 Å². The number of rotatable bonds is 2. The van der Waals surface area contributed by atoms with Gasteiger partial charge in [0.1, 0.15) is 11.9 Å². The number of hydrogen-bond donors (Lipinski definition) is 1. The van der Waals surface area contributed by atoms with E-state index in [0.717, 1.165) is 6.07 Å². The van der Waals surface area contributed by atoms with Crippen molar-refractivity contribution in [1.82, 2.24) is 4.90 Å². The summed E-state index contributed by atoms with van der Waals surface area (Å²) in [5.74, 6) is -0.347. The van der Waals surface area contributed by atoms with Gasteiger partial charge in [-0.25, -0.2) is 9.18 Å². The summed E-state index contributed by atoms with van der Waals surface area (Å²) in [7, 11) is 0. The van der Waals surface area contributed by atoms with Gasteiger partial charge >= 0.3 is 5.97 Å². The van der Waals surface area contributed by atoms with Crippen LogP contribution >= 0.6 is 0 Å². The first kappa shape index (κ1) is 13.1. The van der Waals surface area contributed by atoms with Gasteiger partial charge in [0.2, 0.25) is 0 Å². The maximum Gasteiger partial charge on any atom is 0.326 e. The van der Waals surface area contributed by atoms with Crippen LogP contribution in [0, 0.1) is 18.2 Å². The lowest BCUT2D eigenvalue weighted by Crippen LogP contribution is -2.40. The van der Waals surface area contributed by atoms with Gasteiger partial charge in [0.05, 0.1) is 5.56 Å². The number of carboxylic acids is 1. The van der Waals surface area contributed by atoms with Gasteiger partial charge in [-0.1, -0.05) is 0 Å². The summed E-state index contributed by atoms with van der Waals surface area (Å²) in [6.45, 7) is 0.357. The number of hydrogen-bond acceptors (Lipinski definition) is 2. The molecule has 1 atom stereocenters. The first-order valence-electron chi connectivity index (χ1n) is 5.80. The van der Waals surface area contributed by atoms with Crippen molar-refractivity contribution in [2.24, 2.45) is 0 Å². The minimum Gasteiger partial charge on any atom is -0.480 e. The van der Waals surface area contributed by atoms with Crippen LogP contribution in [-0.2, 0) is 4.79 Å². The topological polar surface area (TPSA) is 57.6 Å². The maximum atomic E-state index is 13.5. The highest BCUT2D eigenvalue weighted by Crippen LogP contribution is 2.21. The Bertz CT molecular complexity index is 577. The van der Waals surface area contributed by atoms with Gasteiger partial charge in [0, 0.05) is 12.1 Å². The van der Waals surface area contributed by atoms with E-state index >= 15 is 0 Å². The molecule has 1 aliphatic rings. The number of carboxylic acid groups (broad SMARTS) is 1. The first-order valence-corrected chi connectivity index (χ1v) is 5.80. The van der Waals surface area contributed by atoms with Crippen molar-refractivity contribution in [3.05, 3.63) is 41.6 Å². The molecule has 1 aromatic carbocycles. The van der Waals surface area contributed by atoms with Gasteiger partial charge in [-0.2, -0.15) is 0 Å². The minimum absolute atomic E-state index is 0.0345. The molecule has 1 radical (unpaired) electrons. The highest BCUT2D eigenvalue weighted by Gasteiger charge is 2.34. The Hall–Kier alpha value is -2.35. The maximum absolute atomic E-state index is 13.5.